The third kappa shape index (κ3) is 2.76. The van der Waals surface area contributed by atoms with Crippen LogP contribution in [0.25, 0.3) is 0 Å². The number of allylic oxidation sites excluding steroid dienone is 2. The van der Waals surface area contributed by atoms with E-state index < -0.39 is 9.84 Å². The molecule has 1 aliphatic rings. The molecular formula is C16H22O2S. The Morgan fingerprint density at radius 2 is 1.89 bits per heavy atom. The molecule has 1 aromatic carbocycles. The van der Waals surface area contributed by atoms with Crippen LogP contribution in [-0.2, 0) is 9.84 Å². The lowest BCUT2D eigenvalue weighted by molar-refractivity contribution is 0.258. The van der Waals surface area contributed by atoms with Gasteiger partial charge in [0.05, 0.1) is 10.6 Å². The summed E-state index contributed by atoms with van der Waals surface area (Å²) in [6, 6.07) is 8.77. The molecule has 0 N–H and O–H groups in total. The zero-order valence-electron chi connectivity index (χ0n) is 11.9. The van der Waals surface area contributed by atoms with Crippen molar-refractivity contribution < 1.29 is 8.42 Å². The molecule has 2 nitrogen and oxygen atoms in total. The Kier molecular flexibility index (Phi) is 3.86. The normalized spacial score (nSPS) is 27.9. The fourth-order valence-corrected chi connectivity index (χ4v) is 4.89. The molecule has 1 aromatic rings. The van der Waals surface area contributed by atoms with Crippen LogP contribution < -0.4 is 0 Å². The molecule has 19 heavy (non-hydrogen) atoms. The first kappa shape index (κ1) is 14.3. The average Bonchev–Trinajstić information content (AvgIpc) is 2.37. The van der Waals surface area contributed by atoms with Gasteiger partial charge in [-0.15, -0.1) is 0 Å². The Labute approximate surface area is 116 Å². The van der Waals surface area contributed by atoms with E-state index >= 15 is 0 Å². The zero-order valence-corrected chi connectivity index (χ0v) is 12.7. The van der Waals surface area contributed by atoms with Gasteiger partial charge in [0.1, 0.15) is 0 Å². The zero-order chi connectivity index (χ0) is 14.1. The summed E-state index contributed by atoms with van der Waals surface area (Å²) >= 11 is 0. The Morgan fingerprint density at radius 3 is 2.47 bits per heavy atom. The van der Waals surface area contributed by atoms with E-state index in [0.717, 1.165) is 12.8 Å². The van der Waals surface area contributed by atoms with Crippen LogP contribution in [0.3, 0.4) is 0 Å². The van der Waals surface area contributed by atoms with E-state index in [2.05, 4.69) is 26.8 Å². The molecular weight excluding hydrogens is 256 g/mol. The molecule has 0 radical (unpaired) electrons. The molecule has 0 spiro atoms. The molecule has 0 bridgehead atoms. The second-order valence-electron chi connectivity index (χ2n) is 5.86. The number of sulfone groups is 1. The first-order valence-electron chi connectivity index (χ1n) is 6.81. The van der Waals surface area contributed by atoms with Crippen molar-refractivity contribution >= 4 is 9.84 Å². The van der Waals surface area contributed by atoms with Crippen LogP contribution in [0.5, 0.6) is 0 Å². The van der Waals surface area contributed by atoms with Gasteiger partial charge in [-0.3, -0.25) is 0 Å². The summed E-state index contributed by atoms with van der Waals surface area (Å²) in [4.78, 5) is 0.432. The molecule has 0 saturated heterocycles. The topological polar surface area (TPSA) is 34.1 Å². The lowest BCUT2D eigenvalue weighted by Gasteiger charge is -2.39. The number of rotatable bonds is 3. The molecule has 0 aromatic heterocycles. The molecule has 1 aliphatic carbocycles. The van der Waals surface area contributed by atoms with Crippen molar-refractivity contribution in [3.8, 4) is 0 Å². The highest BCUT2D eigenvalue weighted by molar-refractivity contribution is 7.91. The minimum atomic E-state index is -3.23. The highest BCUT2D eigenvalue weighted by Crippen LogP contribution is 2.43. The van der Waals surface area contributed by atoms with Crippen LogP contribution in [0.1, 0.15) is 33.6 Å². The van der Waals surface area contributed by atoms with Crippen LogP contribution in [-0.4, -0.2) is 14.2 Å². The van der Waals surface area contributed by atoms with Crippen molar-refractivity contribution in [1.29, 1.82) is 0 Å². The third-order valence-electron chi connectivity index (χ3n) is 4.63. The molecule has 104 valence electrons. The summed E-state index contributed by atoms with van der Waals surface area (Å²) in [5, 5.41) is 0. The monoisotopic (exact) mass is 278 g/mol. The highest BCUT2D eigenvalue weighted by atomic mass is 32.2. The van der Waals surface area contributed by atoms with Gasteiger partial charge in [0, 0.05) is 5.41 Å². The van der Waals surface area contributed by atoms with E-state index in [4.69, 9.17) is 0 Å². The predicted molar refractivity (Wildman–Crippen MR) is 78.8 cm³/mol. The summed E-state index contributed by atoms with van der Waals surface area (Å²) in [6.45, 7) is 6.32. The van der Waals surface area contributed by atoms with E-state index in [-0.39, 0.29) is 11.2 Å². The lowest BCUT2D eigenvalue weighted by Crippen LogP contribution is -2.36. The molecule has 2 rings (SSSR count). The van der Waals surface area contributed by atoms with Crippen molar-refractivity contribution in [3.63, 3.8) is 0 Å². The van der Waals surface area contributed by atoms with Gasteiger partial charge < -0.3 is 0 Å². The highest BCUT2D eigenvalue weighted by Gasteiger charge is 2.39. The molecule has 0 amide bonds. The lowest BCUT2D eigenvalue weighted by atomic mass is 9.69. The minimum Gasteiger partial charge on any atom is -0.224 e. The van der Waals surface area contributed by atoms with Crippen LogP contribution in [0.2, 0.25) is 0 Å². The maximum atomic E-state index is 12.6. The third-order valence-corrected chi connectivity index (χ3v) is 6.60. The Morgan fingerprint density at radius 1 is 1.26 bits per heavy atom. The van der Waals surface area contributed by atoms with E-state index in [9.17, 15) is 8.42 Å². The van der Waals surface area contributed by atoms with Crippen molar-refractivity contribution in [2.75, 3.05) is 5.75 Å². The van der Waals surface area contributed by atoms with Crippen LogP contribution >= 0.6 is 0 Å². The van der Waals surface area contributed by atoms with Crippen molar-refractivity contribution in [2.45, 2.75) is 38.5 Å². The molecule has 2 atom stereocenters. The predicted octanol–water partition coefficient (Wildman–Crippen LogP) is 3.84. The maximum Gasteiger partial charge on any atom is 0.179 e. The minimum absolute atomic E-state index is 0.202. The van der Waals surface area contributed by atoms with Gasteiger partial charge in [-0.05, 0) is 37.8 Å². The van der Waals surface area contributed by atoms with Gasteiger partial charge in [0.2, 0.25) is 0 Å². The second kappa shape index (κ2) is 5.12. The van der Waals surface area contributed by atoms with Crippen LogP contribution in [0, 0.1) is 11.3 Å². The van der Waals surface area contributed by atoms with Crippen molar-refractivity contribution in [3.05, 3.63) is 42.0 Å². The molecule has 0 aliphatic heterocycles. The Hall–Kier alpha value is -1.09. The molecule has 0 heterocycles. The standard InChI is InChI=1S/C16H22O2S/c1-13-8-7-9-14(2)16(13,3)12-19(17,18)15-10-5-4-6-11-15/h4-6,8,10-11,14H,7,9,12H2,1-3H3/t14-,16-/m1/s1. The van der Waals surface area contributed by atoms with Crippen molar-refractivity contribution in [2.24, 2.45) is 11.3 Å². The summed E-state index contributed by atoms with van der Waals surface area (Å²) in [5.41, 5.74) is 0.971. The Bertz CT molecular complexity index is 572. The van der Waals surface area contributed by atoms with Crippen molar-refractivity contribution in [1.82, 2.24) is 0 Å². The molecule has 0 fully saturated rings. The maximum absolute atomic E-state index is 12.6. The van der Waals surface area contributed by atoms with Crippen LogP contribution in [0.4, 0.5) is 0 Å². The van der Waals surface area contributed by atoms with E-state index in [1.54, 1.807) is 24.3 Å². The fourth-order valence-electron chi connectivity index (χ4n) is 2.85. The molecule has 0 saturated carbocycles. The largest absolute Gasteiger partial charge is 0.224 e. The van der Waals surface area contributed by atoms with Gasteiger partial charge in [0.25, 0.3) is 0 Å². The number of hydrogen-bond donors (Lipinski definition) is 0. The smallest absolute Gasteiger partial charge is 0.179 e. The first-order valence-corrected chi connectivity index (χ1v) is 8.46. The van der Waals surface area contributed by atoms with Gasteiger partial charge in [0.15, 0.2) is 9.84 Å². The summed E-state index contributed by atoms with van der Waals surface area (Å²) in [7, 11) is -3.23. The van der Waals surface area contributed by atoms with Crippen LogP contribution in [0.15, 0.2) is 46.9 Å². The SMILES string of the molecule is CC1=CCC[C@@H](C)[C@]1(C)CS(=O)(=O)c1ccccc1. The van der Waals surface area contributed by atoms with Gasteiger partial charge in [-0.1, -0.05) is 43.7 Å². The first-order chi connectivity index (χ1) is 8.86. The summed E-state index contributed by atoms with van der Waals surface area (Å²) in [5.74, 6) is 0.601. The average molecular weight is 278 g/mol. The van der Waals surface area contributed by atoms with E-state index in [0.29, 0.717) is 10.8 Å². The quantitative estimate of drug-likeness (QED) is 0.787. The summed E-state index contributed by atoms with van der Waals surface area (Å²) < 4.78 is 25.1. The Balaban J connectivity index is 2.35. The van der Waals surface area contributed by atoms with E-state index in [1.165, 1.54) is 5.57 Å². The van der Waals surface area contributed by atoms with E-state index in [1.807, 2.05) is 6.07 Å². The fraction of sp³-hybridized carbons (Fsp3) is 0.500. The number of benzene rings is 1. The van der Waals surface area contributed by atoms with Gasteiger partial charge in [-0.25, -0.2) is 8.42 Å². The molecule has 0 unspecified atom stereocenters. The number of hydrogen-bond acceptors (Lipinski definition) is 2. The van der Waals surface area contributed by atoms with Gasteiger partial charge >= 0.3 is 0 Å². The molecule has 3 heteroatoms. The van der Waals surface area contributed by atoms with Gasteiger partial charge in [-0.2, -0.15) is 0 Å². The second-order valence-corrected chi connectivity index (χ2v) is 7.84. The summed E-state index contributed by atoms with van der Waals surface area (Å²) in [6.07, 6.45) is 4.33.